The summed E-state index contributed by atoms with van der Waals surface area (Å²) in [5.74, 6) is 0.614. The van der Waals surface area contributed by atoms with Crippen LogP contribution in [0.2, 0.25) is 0 Å². The van der Waals surface area contributed by atoms with E-state index in [1.165, 1.54) is 11.1 Å². The molecule has 13 heavy (non-hydrogen) atoms. The third-order valence-corrected chi connectivity index (χ3v) is 2.68. The summed E-state index contributed by atoms with van der Waals surface area (Å²) in [5.41, 5.74) is 2.46. The van der Waals surface area contributed by atoms with Crippen LogP contribution in [0.1, 0.15) is 18.9 Å². The van der Waals surface area contributed by atoms with Gasteiger partial charge in [-0.3, -0.25) is 0 Å². The zero-order chi connectivity index (χ0) is 9.68. The van der Waals surface area contributed by atoms with Crippen LogP contribution in [-0.2, 0) is 0 Å². The summed E-state index contributed by atoms with van der Waals surface area (Å²) < 4.78 is 1.10. The third kappa shape index (κ3) is 3.53. The molecular weight excluding hydrogens is 247 g/mol. The van der Waals surface area contributed by atoms with Gasteiger partial charge in [-0.05, 0) is 24.1 Å². The first-order valence-electron chi connectivity index (χ1n) is 4.27. The molecule has 0 atom stereocenters. The summed E-state index contributed by atoms with van der Waals surface area (Å²) in [6, 6.07) is 8.20. The minimum atomic E-state index is 0.614. The van der Waals surface area contributed by atoms with Gasteiger partial charge in [-0.1, -0.05) is 46.6 Å². The van der Waals surface area contributed by atoms with Crippen molar-refractivity contribution in [1.82, 2.24) is 0 Å². The molecule has 0 unspecified atom stereocenters. The van der Waals surface area contributed by atoms with Gasteiger partial charge in [0.15, 0.2) is 0 Å². The number of hydrogen-bond acceptors (Lipinski definition) is 0. The molecule has 1 aromatic rings. The van der Waals surface area contributed by atoms with Crippen LogP contribution < -0.4 is 0 Å². The van der Waals surface area contributed by atoms with Crippen molar-refractivity contribution < 1.29 is 0 Å². The fraction of sp³-hybridized carbons (Fsp3) is 0.273. The van der Waals surface area contributed by atoms with E-state index in [1.807, 2.05) is 12.1 Å². The maximum atomic E-state index is 5.78. The lowest BCUT2D eigenvalue weighted by Gasteiger charge is -1.99. The maximum absolute atomic E-state index is 5.78. The summed E-state index contributed by atoms with van der Waals surface area (Å²) >= 11 is 9.21. The fourth-order valence-corrected chi connectivity index (χ4v) is 1.75. The molecule has 0 bridgehead atoms. The van der Waals surface area contributed by atoms with Gasteiger partial charge in [0.25, 0.3) is 0 Å². The zero-order valence-corrected chi connectivity index (χ0v) is 9.90. The molecule has 0 aromatic heterocycles. The summed E-state index contributed by atoms with van der Waals surface area (Å²) in [6.45, 7) is 2.12. The Hall–Kier alpha value is -0.270. The molecule has 1 rings (SSSR count). The van der Waals surface area contributed by atoms with E-state index in [4.69, 9.17) is 11.6 Å². The number of allylic oxidation sites excluding steroid dienone is 1. The second-order valence-corrected chi connectivity index (χ2v) is 4.03. The second kappa shape index (κ2) is 5.46. The molecule has 0 saturated carbocycles. The fourth-order valence-electron chi connectivity index (χ4n) is 1.07. The molecule has 0 fully saturated rings. The van der Waals surface area contributed by atoms with Crippen LogP contribution in [0.15, 0.2) is 34.3 Å². The molecule has 0 spiro atoms. The summed E-state index contributed by atoms with van der Waals surface area (Å²) in [4.78, 5) is 0. The van der Waals surface area contributed by atoms with E-state index >= 15 is 0 Å². The van der Waals surface area contributed by atoms with E-state index in [2.05, 4.69) is 41.1 Å². The maximum Gasteiger partial charge on any atom is 0.0436 e. The molecule has 70 valence electrons. The van der Waals surface area contributed by atoms with Crippen LogP contribution in [0, 0.1) is 0 Å². The first-order valence-corrected chi connectivity index (χ1v) is 5.60. The molecule has 0 aliphatic carbocycles. The predicted molar refractivity (Wildman–Crippen MR) is 63.1 cm³/mol. The van der Waals surface area contributed by atoms with Gasteiger partial charge >= 0.3 is 0 Å². The molecule has 0 saturated heterocycles. The number of rotatable bonds is 3. The van der Waals surface area contributed by atoms with Gasteiger partial charge in [-0.25, -0.2) is 0 Å². The number of hydrogen-bond donors (Lipinski definition) is 0. The number of benzene rings is 1. The molecule has 0 aliphatic rings. The van der Waals surface area contributed by atoms with Crippen LogP contribution >= 0.6 is 27.5 Å². The standard InChI is InChI=1S/C11H12BrCl/c1-2-9(8-13)6-10-4-3-5-11(12)7-10/h3-7H,2,8H2,1H3. The quantitative estimate of drug-likeness (QED) is 0.702. The Bertz CT molecular complexity index is 299. The van der Waals surface area contributed by atoms with E-state index in [0.29, 0.717) is 5.88 Å². The molecule has 0 radical (unpaired) electrons. The first kappa shape index (κ1) is 10.8. The van der Waals surface area contributed by atoms with Gasteiger partial charge < -0.3 is 0 Å². The van der Waals surface area contributed by atoms with Gasteiger partial charge in [0.2, 0.25) is 0 Å². The Balaban J connectivity index is 2.89. The lowest BCUT2D eigenvalue weighted by Crippen LogP contribution is -1.82. The highest BCUT2D eigenvalue weighted by Crippen LogP contribution is 2.16. The van der Waals surface area contributed by atoms with Crippen molar-refractivity contribution in [2.45, 2.75) is 13.3 Å². The smallest absolute Gasteiger partial charge is 0.0436 e. The van der Waals surface area contributed by atoms with Crippen molar-refractivity contribution in [2.75, 3.05) is 5.88 Å². The summed E-state index contributed by atoms with van der Waals surface area (Å²) in [6.07, 6.45) is 3.15. The molecular formula is C11H12BrCl. The molecule has 0 aliphatic heterocycles. The van der Waals surface area contributed by atoms with Gasteiger partial charge in [0, 0.05) is 10.4 Å². The minimum Gasteiger partial charge on any atom is -0.122 e. The average molecular weight is 260 g/mol. The molecule has 0 N–H and O–H groups in total. The van der Waals surface area contributed by atoms with Crippen molar-refractivity contribution in [3.05, 3.63) is 39.9 Å². The van der Waals surface area contributed by atoms with E-state index in [9.17, 15) is 0 Å². The highest BCUT2D eigenvalue weighted by Gasteiger charge is 1.93. The Morgan fingerprint density at radius 3 is 2.85 bits per heavy atom. The highest BCUT2D eigenvalue weighted by molar-refractivity contribution is 9.10. The summed E-state index contributed by atoms with van der Waals surface area (Å²) in [5, 5.41) is 0. The number of alkyl halides is 1. The molecule has 0 heterocycles. The van der Waals surface area contributed by atoms with Crippen molar-refractivity contribution in [1.29, 1.82) is 0 Å². The lowest BCUT2D eigenvalue weighted by molar-refractivity contribution is 1.12. The van der Waals surface area contributed by atoms with E-state index in [-0.39, 0.29) is 0 Å². The Morgan fingerprint density at radius 1 is 1.54 bits per heavy atom. The topological polar surface area (TPSA) is 0 Å². The largest absolute Gasteiger partial charge is 0.122 e. The molecule has 0 amide bonds. The van der Waals surface area contributed by atoms with E-state index < -0.39 is 0 Å². The van der Waals surface area contributed by atoms with Crippen LogP contribution in [-0.4, -0.2) is 5.88 Å². The SMILES string of the molecule is CCC(=Cc1cccc(Br)c1)CCl. The molecule has 0 nitrogen and oxygen atoms in total. The van der Waals surface area contributed by atoms with E-state index in [1.54, 1.807) is 0 Å². The Kier molecular flexibility index (Phi) is 4.54. The monoisotopic (exact) mass is 258 g/mol. The average Bonchev–Trinajstić information content (AvgIpc) is 2.14. The van der Waals surface area contributed by atoms with Gasteiger partial charge in [-0.15, -0.1) is 11.6 Å². The van der Waals surface area contributed by atoms with E-state index in [0.717, 1.165) is 10.9 Å². The van der Waals surface area contributed by atoms with Crippen molar-refractivity contribution in [3.63, 3.8) is 0 Å². The van der Waals surface area contributed by atoms with Crippen molar-refractivity contribution >= 4 is 33.6 Å². The first-order chi connectivity index (χ1) is 6.26. The van der Waals surface area contributed by atoms with Gasteiger partial charge in [-0.2, -0.15) is 0 Å². The lowest BCUT2D eigenvalue weighted by atomic mass is 10.1. The molecule has 2 heteroatoms. The number of halogens is 2. The third-order valence-electron chi connectivity index (χ3n) is 1.85. The highest BCUT2D eigenvalue weighted by atomic mass is 79.9. The van der Waals surface area contributed by atoms with Crippen molar-refractivity contribution in [3.8, 4) is 0 Å². The van der Waals surface area contributed by atoms with Crippen LogP contribution in [0.3, 0.4) is 0 Å². The Labute approximate surface area is 92.7 Å². The van der Waals surface area contributed by atoms with Crippen LogP contribution in [0.5, 0.6) is 0 Å². The van der Waals surface area contributed by atoms with Gasteiger partial charge in [0.05, 0.1) is 0 Å². The molecule has 1 aromatic carbocycles. The predicted octanol–water partition coefficient (Wildman–Crippen LogP) is 4.48. The summed E-state index contributed by atoms with van der Waals surface area (Å²) in [7, 11) is 0. The van der Waals surface area contributed by atoms with Crippen LogP contribution in [0.25, 0.3) is 6.08 Å². The minimum absolute atomic E-state index is 0.614. The van der Waals surface area contributed by atoms with Gasteiger partial charge in [0.1, 0.15) is 0 Å². The van der Waals surface area contributed by atoms with Crippen LogP contribution in [0.4, 0.5) is 0 Å². The van der Waals surface area contributed by atoms with Crippen molar-refractivity contribution in [2.24, 2.45) is 0 Å². The second-order valence-electron chi connectivity index (χ2n) is 2.84. The zero-order valence-electron chi connectivity index (χ0n) is 7.56. The Morgan fingerprint density at radius 2 is 2.31 bits per heavy atom. The normalized spacial score (nSPS) is 11.8.